The zero-order chi connectivity index (χ0) is 17.0. The summed E-state index contributed by atoms with van der Waals surface area (Å²) in [5, 5.41) is 10.3. The van der Waals surface area contributed by atoms with Crippen LogP contribution in [-0.2, 0) is 9.53 Å². The molecular formula is C18H33N3O3. The standard InChI is InChI=1S/C18H33N3O3/c1-19-8-3-9-20(14-13-19)10-5-17(23)21-11-6-18(7-12-21)16(22)4-2-15-24-18/h16,22H,2-15H2,1H3/t16-/m0/s1. The maximum Gasteiger partial charge on any atom is 0.223 e. The van der Waals surface area contributed by atoms with Crippen molar-refractivity contribution in [2.24, 2.45) is 0 Å². The lowest BCUT2D eigenvalue weighted by Crippen LogP contribution is -2.56. The van der Waals surface area contributed by atoms with Crippen LogP contribution in [0.2, 0.25) is 0 Å². The smallest absolute Gasteiger partial charge is 0.223 e. The summed E-state index contributed by atoms with van der Waals surface area (Å²) in [7, 11) is 2.17. The number of likely N-dealkylation sites (tertiary alicyclic amines) is 1. The average Bonchev–Trinajstić information content (AvgIpc) is 2.80. The SMILES string of the molecule is CN1CCCN(CCC(=O)N2CCC3(CC2)OCCC[C@@H]3O)CC1. The van der Waals surface area contributed by atoms with Crippen molar-refractivity contribution in [1.29, 1.82) is 0 Å². The van der Waals surface area contributed by atoms with Gasteiger partial charge in [-0.15, -0.1) is 0 Å². The molecule has 0 saturated carbocycles. The Kier molecular flexibility index (Phi) is 6.13. The minimum Gasteiger partial charge on any atom is -0.390 e. The molecular weight excluding hydrogens is 306 g/mol. The van der Waals surface area contributed by atoms with Crippen molar-refractivity contribution < 1.29 is 14.6 Å². The van der Waals surface area contributed by atoms with Gasteiger partial charge in [-0.3, -0.25) is 4.79 Å². The molecule has 0 aromatic heterocycles. The number of piperidine rings is 1. The summed E-state index contributed by atoms with van der Waals surface area (Å²) < 4.78 is 5.92. The number of ether oxygens (including phenoxy) is 1. The monoisotopic (exact) mass is 339 g/mol. The van der Waals surface area contributed by atoms with Crippen LogP contribution in [0.25, 0.3) is 0 Å². The zero-order valence-electron chi connectivity index (χ0n) is 15.1. The maximum absolute atomic E-state index is 12.5. The third-order valence-electron chi connectivity index (χ3n) is 6.04. The number of hydrogen-bond donors (Lipinski definition) is 1. The Labute approximate surface area is 145 Å². The molecule has 0 bridgehead atoms. The summed E-state index contributed by atoms with van der Waals surface area (Å²) in [6.07, 6.45) is 4.75. The second-order valence-corrected chi connectivity index (χ2v) is 7.70. The molecule has 6 nitrogen and oxygen atoms in total. The van der Waals surface area contributed by atoms with Gasteiger partial charge in [0.1, 0.15) is 0 Å². The van der Waals surface area contributed by atoms with Crippen LogP contribution in [0.15, 0.2) is 0 Å². The molecule has 3 aliphatic heterocycles. The van der Waals surface area contributed by atoms with E-state index in [1.54, 1.807) is 0 Å². The Morgan fingerprint density at radius 3 is 2.67 bits per heavy atom. The molecule has 0 aromatic rings. The highest BCUT2D eigenvalue weighted by Crippen LogP contribution is 2.35. The van der Waals surface area contributed by atoms with Crippen molar-refractivity contribution in [2.75, 3.05) is 59.5 Å². The quantitative estimate of drug-likeness (QED) is 0.814. The predicted molar refractivity (Wildman–Crippen MR) is 92.9 cm³/mol. The molecule has 1 spiro atoms. The fraction of sp³-hybridized carbons (Fsp3) is 0.944. The summed E-state index contributed by atoms with van der Waals surface area (Å²) in [5.41, 5.74) is -0.385. The Morgan fingerprint density at radius 2 is 1.92 bits per heavy atom. The van der Waals surface area contributed by atoms with Crippen LogP contribution < -0.4 is 0 Å². The number of hydrogen-bond acceptors (Lipinski definition) is 5. The van der Waals surface area contributed by atoms with E-state index < -0.39 is 0 Å². The van der Waals surface area contributed by atoms with E-state index >= 15 is 0 Å². The van der Waals surface area contributed by atoms with Crippen molar-refractivity contribution in [3.05, 3.63) is 0 Å². The molecule has 0 aliphatic carbocycles. The highest BCUT2D eigenvalue weighted by molar-refractivity contribution is 5.76. The fourth-order valence-corrected chi connectivity index (χ4v) is 4.26. The van der Waals surface area contributed by atoms with Gasteiger partial charge in [-0.1, -0.05) is 0 Å². The van der Waals surface area contributed by atoms with Gasteiger partial charge in [-0.05, 0) is 52.2 Å². The van der Waals surface area contributed by atoms with Crippen LogP contribution in [0.3, 0.4) is 0 Å². The van der Waals surface area contributed by atoms with Gasteiger partial charge in [-0.2, -0.15) is 0 Å². The van der Waals surface area contributed by atoms with Gasteiger partial charge in [0.2, 0.25) is 5.91 Å². The van der Waals surface area contributed by atoms with E-state index in [1.165, 1.54) is 6.42 Å². The molecule has 0 aromatic carbocycles. The summed E-state index contributed by atoms with van der Waals surface area (Å²) in [6, 6.07) is 0. The summed E-state index contributed by atoms with van der Waals surface area (Å²) >= 11 is 0. The molecule has 3 rings (SSSR count). The van der Waals surface area contributed by atoms with E-state index in [4.69, 9.17) is 4.74 Å². The first-order valence-corrected chi connectivity index (χ1v) is 9.60. The number of carbonyl (C=O) groups excluding carboxylic acids is 1. The summed E-state index contributed by atoms with van der Waals surface area (Å²) in [4.78, 5) is 19.3. The van der Waals surface area contributed by atoms with Crippen LogP contribution in [0.4, 0.5) is 0 Å². The molecule has 1 atom stereocenters. The first kappa shape index (κ1) is 18.1. The first-order chi connectivity index (χ1) is 11.6. The normalized spacial score (nSPS) is 29.6. The fourth-order valence-electron chi connectivity index (χ4n) is 4.26. The van der Waals surface area contributed by atoms with Crippen molar-refractivity contribution >= 4 is 5.91 Å². The molecule has 0 radical (unpaired) electrons. The number of carbonyl (C=O) groups is 1. The van der Waals surface area contributed by atoms with Crippen LogP contribution in [0, 0.1) is 0 Å². The zero-order valence-corrected chi connectivity index (χ0v) is 15.1. The van der Waals surface area contributed by atoms with E-state index in [9.17, 15) is 9.90 Å². The highest BCUT2D eigenvalue weighted by Gasteiger charge is 2.44. The number of aliphatic hydroxyl groups is 1. The molecule has 1 amide bonds. The number of likely N-dealkylation sites (N-methyl/N-ethyl adjacent to an activating group) is 1. The Morgan fingerprint density at radius 1 is 1.12 bits per heavy atom. The molecule has 3 fully saturated rings. The Bertz CT molecular complexity index is 424. The van der Waals surface area contributed by atoms with Gasteiger partial charge in [0.25, 0.3) is 0 Å². The lowest BCUT2D eigenvalue weighted by molar-refractivity contribution is -0.179. The third-order valence-corrected chi connectivity index (χ3v) is 6.04. The molecule has 24 heavy (non-hydrogen) atoms. The van der Waals surface area contributed by atoms with Crippen molar-refractivity contribution in [2.45, 2.75) is 50.2 Å². The summed E-state index contributed by atoms with van der Waals surface area (Å²) in [6.45, 7) is 7.46. The van der Waals surface area contributed by atoms with Gasteiger partial charge in [0.05, 0.1) is 11.7 Å². The number of rotatable bonds is 3. The highest BCUT2D eigenvalue weighted by atomic mass is 16.5. The molecule has 6 heteroatoms. The van der Waals surface area contributed by atoms with Gasteiger partial charge in [0, 0.05) is 45.8 Å². The lowest BCUT2D eigenvalue weighted by atomic mass is 9.82. The molecule has 138 valence electrons. The minimum absolute atomic E-state index is 0.257. The van der Waals surface area contributed by atoms with E-state index in [0.29, 0.717) is 6.42 Å². The van der Waals surface area contributed by atoms with Gasteiger partial charge >= 0.3 is 0 Å². The minimum atomic E-state index is -0.385. The average molecular weight is 339 g/mol. The molecule has 3 saturated heterocycles. The first-order valence-electron chi connectivity index (χ1n) is 9.60. The van der Waals surface area contributed by atoms with Crippen LogP contribution in [0.1, 0.15) is 38.5 Å². The molecule has 0 unspecified atom stereocenters. The van der Waals surface area contributed by atoms with Crippen LogP contribution in [-0.4, -0.2) is 96.9 Å². The van der Waals surface area contributed by atoms with E-state index in [0.717, 1.165) is 78.1 Å². The number of aliphatic hydroxyl groups excluding tert-OH is 1. The third kappa shape index (κ3) is 4.28. The second-order valence-electron chi connectivity index (χ2n) is 7.70. The number of amides is 1. The Balaban J connectivity index is 1.42. The van der Waals surface area contributed by atoms with Gasteiger partial charge < -0.3 is 24.5 Å². The maximum atomic E-state index is 12.5. The van der Waals surface area contributed by atoms with Crippen LogP contribution in [0.5, 0.6) is 0 Å². The van der Waals surface area contributed by atoms with Crippen molar-refractivity contribution in [1.82, 2.24) is 14.7 Å². The molecule has 3 aliphatic rings. The van der Waals surface area contributed by atoms with Crippen LogP contribution >= 0.6 is 0 Å². The summed E-state index contributed by atoms with van der Waals surface area (Å²) in [5.74, 6) is 0.257. The van der Waals surface area contributed by atoms with E-state index in [1.807, 2.05) is 4.90 Å². The van der Waals surface area contributed by atoms with Gasteiger partial charge in [-0.25, -0.2) is 0 Å². The second kappa shape index (κ2) is 8.13. The lowest BCUT2D eigenvalue weighted by Gasteiger charge is -2.46. The molecule has 3 heterocycles. The Hall–Kier alpha value is -0.690. The van der Waals surface area contributed by atoms with Crippen molar-refractivity contribution in [3.63, 3.8) is 0 Å². The topological polar surface area (TPSA) is 56.2 Å². The number of nitrogens with zero attached hydrogens (tertiary/aromatic N) is 3. The van der Waals surface area contributed by atoms with Crippen molar-refractivity contribution in [3.8, 4) is 0 Å². The largest absolute Gasteiger partial charge is 0.390 e. The predicted octanol–water partition coefficient (Wildman–Crippen LogP) is 0.547. The van der Waals surface area contributed by atoms with Gasteiger partial charge in [0.15, 0.2) is 0 Å². The molecule has 1 N–H and O–H groups in total. The van der Waals surface area contributed by atoms with E-state index in [-0.39, 0.29) is 17.6 Å². The van der Waals surface area contributed by atoms with E-state index in [2.05, 4.69) is 16.8 Å².